The van der Waals surface area contributed by atoms with E-state index in [0.29, 0.717) is 25.7 Å². The van der Waals surface area contributed by atoms with Gasteiger partial charge in [0.15, 0.2) is 0 Å². The van der Waals surface area contributed by atoms with E-state index in [4.69, 9.17) is 16.5 Å². The molecule has 0 aromatic rings. The van der Waals surface area contributed by atoms with Crippen LogP contribution in [0.3, 0.4) is 0 Å². The third kappa shape index (κ3) is 8.97. The molecule has 0 bridgehead atoms. The van der Waals surface area contributed by atoms with Gasteiger partial charge in [-0.2, -0.15) is 5.10 Å². The standard InChI is InChI=1S/C31H41FN4O/c1-9-11-13-22(5)19-28-25-16-17-30(37)34-35-31(25)26(29(36(7)8)18-21(3)4)20-27(33-28)24(12-10-2)15-14-23(6)32/h1,10,14-15,19,25-27,29H,3,6,11,13,16-18,20H2,2,4-5,7-8H3,(H,34,37)/b15-14-,22-19-. The van der Waals surface area contributed by atoms with Crippen molar-refractivity contribution >= 4 is 17.3 Å². The molecule has 1 N–H and O–H groups in total. The predicted octanol–water partition coefficient (Wildman–Crippen LogP) is 6.10. The van der Waals surface area contributed by atoms with Crippen molar-refractivity contribution in [2.75, 3.05) is 14.1 Å². The van der Waals surface area contributed by atoms with Gasteiger partial charge in [-0.15, -0.1) is 24.7 Å². The Bertz CT molecular complexity index is 1110. The summed E-state index contributed by atoms with van der Waals surface area (Å²) in [4.78, 5) is 19.8. The number of aliphatic imine (C=N–C) groups is 1. The first-order valence-electron chi connectivity index (χ1n) is 12.9. The van der Waals surface area contributed by atoms with E-state index >= 15 is 0 Å². The topological polar surface area (TPSA) is 57.1 Å². The molecular formula is C31H41FN4O. The van der Waals surface area contributed by atoms with Gasteiger partial charge in [0.05, 0.1) is 11.8 Å². The van der Waals surface area contributed by atoms with E-state index in [1.807, 2.05) is 26.8 Å². The molecule has 2 aliphatic rings. The number of rotatable bonds is 10. The minimum atomic E-state index is -0.527. The fourth-order valence-electron chi connectivity index (χ4n) is 4.94. The quantitative estimate of drug-likeness (QED) is 0.169. The van der Waals surface area contributed by atoms with Gasteiger partial charge < -0.3 is 4.90 Å². The minimum Gasteiger partial charge on any atom is -0.305 e. The smallest absolute Gasteiger partial charge is 0.240 e. The van der Waals surface area contributed by atoms with Crippen LogP contribution in [0.4, 0.5) is 4.39 Å². The van der Waals surface area contributed by atoms with E-state index < -0.39 is 5.83 Å². The predicted molar refractivity (Wildman–Crippen MR) is 153 cm³/mol. The molecule has 4 unspecified atom stereocenters. The molecule has 0 aromatic carbocycles. The highest BCUT2D eigenvalue weighted by atomic mass is 19.1. The minimum absolute atomic E-state index is 0.0311. The number of terminal acetylenes is 1. The van der Waals surface area contributed by atoms with Crippen molar-refractivity contribution in [3.05, 3.63) is 65.7 Å². The Hall–Kier alpha value is -3.26. The Balaban J connectivity index is 2.78. The monoisotopic (exact) mass is 504 g/mol. The van der Waals surface area contributed by atoms with E-state index in [9.17, 15) is 9.18 Å². The van der Waals surface area contributed by atoms with E-state index in [-0.39, 0.29) is 29.8 Å². The summed E-state index contributed by atoms with van der Waals surface area (Å²) < 4.78 is 13.6. The van der Waals surface area contributed by atoms with Gasteiger partial charge in [-0.05, 0) is 84.9 Å². The summed E-state index contributed by atoms with van der Waals surface area (Å²) in [6, 6.07) is -0.203. The van der Waals surface area contributed by atoms with Crippen LogP contribution in [0.25, 0.3) is 0 Å². The first-order chi connectivity index (χ1) is 17.6. The molecule has 4 atom stereocenters. The number of allylic oxidation sites excluding steroid dienone is 4. The van der Waals surface area contributed by atoms with Crippen molar-refractivity contribution in [2.24, 2.45) is 21.9 Å². The number of hydrazone groups is 1. The summed E-state index contributed by atoms with van der Waals surface area (Å²) in [5.74, 6) is 1.92. The van der Waals surface area contributed by atoms with E-state index in [2.05, 4.69) is 55.3 Å². The van der Waals surface area contributed by atoms with Crippen LogP contribution in [0.1, 0.15) is 59.3 Å². The molecule has 37 heavy (non-hydrogen) atoms. The molecular weight excluding hydrogens is 463 g/mol. The van der Waals surface area contributed by atoms with Crippen LogP contribution >= 0.6 is 0 Å². The molecule has 0 saturated heterocycles. The maximum absolute atomic E-state index is 13.6. The summed E-state index contributed by atoms with van der Waals surface area (Å²) in [5.41, 5.74) is 10.8. The Labute approximate surface area is 222 Å². The number of nitrogens with one attached hydrogen (secondary N) is 1. The number of hydrogen-bond acceptors (Lipinski definition) is 4. The molecule has 1 amide bonds. The number of carbonyl (C=O) groups excluding carboxylic acids is 1. The fraction of sp³-hybridized carbons (Fsp3) is 0.484. The molecule has 2 heterocycles. The molecule has 0 fully saturated rings. The Morgan fingerprint density at radius 3 is 2.65 bits per heavy atom. The number of carbonyl (C=O) groups is 1. The van der Waals surface area contributed by atoms with Gasteiger partial charge in [-0.3, -0.25) is 9.79 Å². The van der Waals surface area contributed by atoms with Crippen molar-refractivity contribution in [1.29, 1.82) is 0 Å². The first kappa shape index (κ1) is 30.0. The lowest BCUT2D eigenvalue weighted by atomic mass is 9.77. The zero-order valence-electron chi connectivity index (χ0n) is 23.0. The molecule has 2 rings (SSSR count). The molecule has 0 spiro atoms. The lowest BCUT2D eigenvalue weighted by Crippen LogP contribution is -2.43. The normalized spacial score (nSPS) is 22.9. The third-order valence-corrected chi connectivity index (χ3v) is 6.70. The van der Waals surface area contributed by atoms with E-state index in [0.717, 1.165) is 41.0 Å². The zero-order chi connectivity index (χ0) is 27.5. The maximum Gasteiger partial charge on any atom is 0.240 e. The number of fused-ring (bicyclic) bond motifs is 1. The zero-order valence-corrected chi connectivity index (χ0v) is 23.0. The van der Waals surface area contributed by atoms with Crippen molar-refractivity contribution in [3.8, 4) is 12.3 Å². The number of amides is 1. The van der Waals surface area contributed by atoms with Crippen LogP contribution in [0.2, 0.25) is 0 Å². The molecule has 6 heteroatoms. The molecule has 0 radical (unpaired) electrons. The van der Waals surface area contributed by atoms with Crippen LogP contribution < -0.4 is 5.43 Å². The van der Waals surface area contributed by atoms with Gasteiger partial charge in [0.25, 0.3) is 0 Å². The fourth-order valence-corrected chi connectivity index (χ4v) is 4.94. The summed E-state index contributed by atoms with van der Waals surface area (Å²) in [5, 5.41) is 4.70. The Kier molecular flexibility index (Phi) is 11.7. The summed E-state index contributed by atoms with van der Waals surface area (Å²) >= 11 is 0. The second kappa shape index (κ2) is 14.5. The molecule has 0 aromatic heterocycles. The van der Waals surface area contributed by atoms with Crippen LogP contribution in [0.5, 0.6) is 0 Å². The van der Waals surface area contributed by atoms with Crippen molar-refractivity contribution in [2.45, 2.75) is 71.4 Å². The largest absolute Gasteiger partial charge is 0.305 e. The van der Waals surface area contributed by atoms with Gasteiger partial charge in [-0.25, -0.2) is 9.82 Å². The van der Waals surface area contributed by atoms with Gasteiger partial charge in [-0.1, -0.05) is 17.7 Å². The van der Waals surface area contributed by atoms with Gasteiger partial charge >= 0.3 is 0 Å². The summed E-state index contributed by atoms with van der Waals surface area (Å²) in [6.45, 7) is 13.5. The maximum atomic E-state index is 13.6. The first-order valence-corrected chi connectivity index (χ1v) is 12.9. The lowest BCUT2D eigenvalue weighted by molar-refractivity contribution is -0.121. The molecule has 0 aliphatic carbocycles. The molecule has 2 aliphatic heterocycles. The second-order valence-electron chi connectivity index (χ2n) is 10.1. The summed E-state index contributed by atoms with van der Waals surface area (Å²) in [6.07, 6.45) is 16.2. The van der Waals surface area contributed by atoms with Crippen LogP contribution in [-0.2, 0) is 4.79 Å². The average Bonchev–Trinajstić information content (AvgIpc) is 3.10. The van der Waals surface area contributed by atoms with E-state index in [1.54, 1.807) is 6.08 Å². The lowest BCUT2D eigenvalue weighted by Gasteiger charge is -2.35. The van der Waals surface area contributed by atoms with Crippen LogP contribution in [-0.4, -0.2) is 48.4 Å². The Morgan fingerprint density at radius 1 is 1.32 bits per heavy atom. The molecule has 198 valence electrons. The Morgan fingerprint density at radius 2 is 2.05 bits per heavy atom. The van der Waals surface area contributed by atoms with E-state index in [1.165, 1.54) is 6.08 Å². The third-order valence-electron chi connectivity index (χ3n) is 6.70. The highest BCUT2D eigenvalue weighted by Crippen LogP contribution is 2.35. The van der Waals surface area contributed by atoms with Gasteiger partial charge in [0, 0.05) is 42.0 Å². The van der Waals surface area contributed by atoms with Crippen LogP contribution in [0.15, 0.2) is 75.8 Å². The molecule has 0 saturated carbocycles. The average molecular weight is 505 g/mol. The van der Waals surface area contributed by atoms with Gasteiger partial charge in [0.2, 0.25) is 5.91 Å². The highest BCUT2D eigenvalue weighted by molar-refractivity contribution is 6.14. The molecule has 5 nitrogen and oxygen atoms in total. The SMILES string of the molecule is C#CCC/C(C)=C\C1=NC(C(=C=CC)/C=C\C(=C)F)CC(C(CC(=C)C)N(C)C)C2=NNC(=O)CCC12. The van der Waals surface area contributed by atoms with Crippen molar-refractivity contribution in [1.82, 2.24) is 10.3 Å². The highest BCUT2D eigenvalue weighted by Gasteiger charge is 2.40. The number of halogens is 1. The van der Waals surface area contributed by atoms with Crippen molar-refractivity contribution in [3.63, 3.8) is 0 Å². The van der Waals surface area contributed by atoms with Crippen molar-refractivity contribution < 1.29 is 9.18 Å². The summed E-state index contributed by atoms with van der Waals surface area (Å²) in [7, 11) is 4.11. The second-order valence-corrected chi connectivity index (χ2v) is 10.1. The van der Waals surface area contributed by atoms with Crippen LogP contribution in [0, 0.1) is 24.2 Å². The number of hydrogen-bond donors (Lipinski definition) is 1. The number of nitrogens with zero attached hydrogens (tertiary/aromatic N) is 3. The van der Waals surface area contributed by atoms with Gasteiger partial charge in [0.1, 0.15) is 5.83 Å².